The van der Waals surface area contributed by atoms with Crippen LogP contribution in [-0.4, -0.2) is 93.4 Å². The number of fused-ring (bicyclic) bond motifs is 1. The molecule has 0 spiro atoms. The Morgan fingerprint density at radius 1 is 1.20 bits per heavy atom. The fourth-order valence-electron chi connectivity index (χ4n) is 4.91. The molecule has 0 N–H and O–H groups in total. The number of piperidine rings is 1. The molecule has 4 heterocycles. The van der Waals surface area contributed by atoms with Crippen molar-refractivity contribution in [1.29, 1.82) is 0 Å². The van der Waals surface area contributed by atoms with Crippen LogP contribution in [0.25, 0.3) is 0 Å². The Balaban J connectivity index is 1.42. The Hall–Kier alpha value is -2.52. The molecule has 1 aromatic rings. The molecule has 30 heavy (non-hydrogen) atoms. The predicted molar refractivity (Wildman–Crippen MR) is 106 cm³/mol. The third kappa shape index (κ3) is 3.67. The molecule has 1 aromatic heterocycles. The lowest BCUT2D eigenvalue weighted by Crippen LogP contribution is -2.54. The minimum absolute atomic E-state index is 0.00287. The minimum Gasteiger partial charge on any atom is -0.353 e. The first-order valence-corrected chi connectivity index (χ1v) is 10.5. The molecule has 3 saturated heterocycles. The number of carbonyl (C=O) groups is 2. The fraction of sp³-hybridized carbons (Fsp3) is 0.700. The number of aryl methyl sites for hydroxylation is 1. The van der Waals surface area contributed by atoms with Gasteiger partial charge in [0.25, 0.3) is 5.91 Å². The number of urea groups is 1. The molecule has 8 nitrogen and oxygen atoms in total. The van der Waals surface area contributed by atoms with E-state index >= 15 is 0 Å². The molecular formula is C20H28F2N6O2. The lowest BCUT2D eigenvalue weighted by atomic mass is 9.99. The largest absolute Gasteiger partial charge is 0.353 e. The van der Waals surface area contributed by atoms with Gasteiger partial charge in [0.15, 0.2) is 0 Å². The molecule has 2 unspecified atom stereocenters. The SMILES string of the molecule is Cc1nccc(N2CCN3C(=O)N(C4CCN(C(=O)C(C)(F)F)CC4)C(C)C3C2)n1. The van der Waals surface area contributed by atoms with Gasteiger partial charge < -0.3 is 19.6 Å². The van der Waals surface area contributed by atoms with E-state index in [0.29, 0.717) is 45.2 Å². The number of anilines is 1. The summed E-state index contributed by atoms with van der Waals surface area (Å²) >= 11 is 0. The molecule has 0 bridgehead atoms. The van der Waals surface area contributed by atoms with E-state index in [1.54, 1.807) is 6.20 Å². The van der Waals surface area contributed by atoms with Gasteiger partial charge in [0.1, 0.15) is 11.6 Å². The van der Waals surface area contributed by atoms with E-state index in [2.05, 4.69) is 21.8 Å². The highest BCUT2D eigenvalue weighted by atomic mass is 19.3. The average Bonchev–Trinajstić information content (AvgIpc) is 2.97. The Labute approximate surface area is 174 Å². The summed E-state index contributed by atoms with van der Waals surface area (Å²) in [5, 5.41) is 0. The van der Waals surface area contributed by atoms with Gasteiger partial charge in [-0.3, -0.25) is 4.79 Å². The molecule has 2 atom stereocenters. The van der Waals surface area contributed by atoms with Crippen LogP contribution in [0.15, 0.2) is 12.3 Å². The van der Waals surface area contributed by atoms with Crippen molar-refractivity contribution in [2.45, 2.75) is 57.7 Å². The van der Waals surface area contributed by atoms with Crippen LogP contribution in [0.5, 0.6) is 0 Å². The molecule has 3 aliphatic heterocycles. The van der Waals surface area contributed by atoms with Gasteiger partial charge in [-0.15, -0.1) is 0 Å². The van der Waals surface area contributed by atoms with Crippen LogP contribution in [0.3, 0.4) is 0 Å². The quantitative estimate of drug-likeness (QED) is 0.742. The van der Waals surface area contributed by atoms with Crippen LogP contribution in [0.4, 0.5) is 19.4 Å². The number of nitrogens with zero attached hydrogens (tertiary/aromatic N) is 6. The minimum atomic E-state index is -3.35. The first kappa shape index (κ1) is 20.7. The van der Waals surface area contributed by atoms with E-state index in [1.165, 1.54) is 4.90 Å². The molecule has 0 aromatic carbocycles. The molecular weight excluding hydrogens is 394 g/mol. The number of likely N-dealkylation sites (tertiary alicyclic amines) is 1. The van der Waals surface area contributed by atoms with Crippen molar-refractivity contribution in [1.82, 2.24) is 24.7 Å². The number of alkyl halides is 2. The normalized spacial score (nSPS) is 25.7. The van der Waals surface area contributed by atoms with E-state index in [4.69, 9.17) is 0 Å². The summed E-state index contributed by atoms with van der Waals surface area (Å²) in [6, 6.07) is 1.90. The number of hydrogen-bond acceptors (Lipinski definition) is 5. The topological polar surface area (TPSA) is 72.9 Å². The van der Waals surface area contributed by atoms with Gasteiger partial charge >= 0.3 is 12.0 Å². The zero-order valence-corrected chi connectivity index (χ0v) is 17.6. The van der Waals surface area contributed by atoms with Crippen LogP contribution >= 0.6 is 0 Å². The van der Waals surface area contributed by atoms with Crippen molar-refractivity contribution in [2.75, 3.05) is 37.6 Å². The second-order valence-electron chi connectivity index (χ2n) is 8.51. The molecule has 10 heteroatoms. The number of aromatic nitrogens is 2. The van der Waals surface area contributed by atoms with Crippen molar-refractivity contribution in [3.63, 3.8) is 0 Å². The van der Waals surface area contributed by atoms with Gasteiger partial charge in [-0.2, -0.15) is 8.78 Å². The van der Waals surface area contributed by atoms with E-state index in [1.807, 2.05) is 22.8 Å². The maximum absolute atomic E-state index is 13.3. The Morgan fingerprint density at radius 2 is 1.90 bits per heavy atom. The van der Waals surface area contributed by atoms with Crippen LogP contribution in [-0.2, 0) is 4.79 Å². The van der Waals surface area contributed by atoms with Gasteiger partial charge in [-0.05, 0) is 32.8 Å². The smallest absolute Gasteiger partial charge is 0.322 e. The maximum Gasteiger partial charge on any atom is 0.322 e. The summed E-state index contributed by atoms with van der Waals surface area (Å²) in [6.45, 7) is 7.06. The molecule has 3 fully saturated rings. The summed E-state index contributed by atoms with van der Waals surface area (Å²) < 4.78 is 26.7. The summed E-state index contributed by atoms with van der Waals surface area (Å²) in [6.07, 6.45) is 2.79. The maximum atomic E-state index is 13.3. The highest BCUT2D eigenvalue weighted by molar-refractivity contribution is 5.83. The second kappa shape index (κ2) is 7.63. The van der Waals surface area contributed by atoms with Gasteiger partial charge in [0, 0.05) is 51.9 Å². The third-order valence-corrected chi connectivity index (χ3v) is 6.49. The summed E-state index contributed by atoms with van der Waals surface area (Å²) in [4.78, 5) is 40.9. The first-order valence-electron chi connectivity index (χ1n) is 10.5. The number of rotatable bonds is 3. The van der Waals surface area contributed by atoms with Crippen molar-refractivity contribution in [3.05, 3.63) is 18.1 Å². The summed E-state index contributed by atoms with van der Waals surface area (Å²) in [5.41, 5.74) is 0. The monoisotopic (exact) mass is 422 g/mol. The van der Waals surface area contributed by atoms with E-state index in [-0.39, 0.29) is 37.2 Å². The van der Waals surface area contributed by atoms with Crippen molar-refractivity contribution < 1.29 is 18.4 Å². The van der Waals surface area contributed by atoms with E-state index in [9.17, 15) is 18.4 Å². The first-order chi connectivity index (χ1) is 14.2. The Kier molecular flexibility index (Phi) is 5.27. The van der Waals surface area contributed by atoms with Crippen molar-refractivity contribution in [3.8, 4) is 0 Å². The van der Waals surface area contributed by atoms with Gasteiger partial charge in [-0.1, -0.05) is 0 Å². The van der Waals surface area contributed by atoms with Crippen LogP contribution < -0.4 is 4.90 Å². The zero-order valence-electron chi connectivity index (χ0n) is 17.6. The number of hydrogen-bond donors (Lipinski definition) is 0. The molecule has 3 amide bonds. The second-order valence-corrected chi connectivity index (χ2v) is 8.51. The molecule has 3 aliphatic rings. The van der Waals surface area contributed by atoms with Crippen molar-refractivity contribution in [2.24, 2.45) is 0 Å². The zero-order chi connectivity index (χ0) is 21.6. The van der Waals surface area contributed by atoms with Crippen LogP contribution in [0.2, 0.25) is 0 Å². The number of amides is 3. The van der Waals surface area contributed by atoms with Crippen LogP contribution in [0, 0.1) is 6.92 Å². The molecule has 0 radical (unpaired) electrons. The number of piperazine rings is 1. The van der Waals surface area contributed by atoms with Gasteiger partial charge in [-0.25, -0.2) is 14.8 Å². The molecule has 0 aliphatic carbocycles. The highest BCUT2D eigenvalue weighted by Gasteiger charge is 2.49. The predicted octanol–water partition coefficient (Wildman–Crippen LogP) is 1.75. The van der Waals surface area contributed by atoms with E-state index < -0.39 is 11.8 Å². The summed E-state index contributed by atoms with van der Waals surface area (Å²) in [5.74, 6) is -2.90. The Morgan fingerprint density at radius 3 is 2.53 bits per heavy atom. The highest BCUT2D eigenvalue weighted by Crippen LogP contribution is 2.33. The number of carbonyl (C=O) groups excluding carboxylic acids is 2. The standard InChI is InChI=1S/C20H28F2N6O2/c1-13-16-12-26(17-4-7-23-14(2)24-17)10-11-27(16)19(30)28(13)15-5-8-25(9-6-15)18(29)20(3,21)22/h4,7,13,15-16H,5-6,8-12H2,1-3H3. The molecule has 164 valence electrons. The summed E-state index contributed by atoms with van der Waals surface area (Å²) in [7, 11) is 0. The van der Waals surface area contributed by atoms with Crippen LogP contribution in [0.1, 0.15) is 32.5 Å². The lowest BCUT2D eigenvalue weighted by molar-refractivity contribution is -0.156. The third-order valence-electron chi connectivity index (χ3n) is 6.49. The van der Waals surface area contributed by atoms with Gasteiger partial charge in [0.2, 0.25) is 0 Å². The molecule has 4 rings (SSSR count). The van der Waals surface area contributed by atoms with Gasteiger partial charge in [0.05, 0.1) is 12.1 Å². The molecule has 0 saturated carbocycles. The lowest BCUT2D eigenvalue weighted by Gasteiger charge is -2.39. The fourth-order valence-corrected chi connectivity index (χ4v) is 4.91. The van der Waals surface area contributed by atoms with E-state index in [0.717, 1.165) is 5.82 Å². The van der Waals surface area contributed by atoms with Crippen molar-refractivity contribution >= 4 is 17.8 Å². The number of halogens is 2. The average molecular weight is 422 g/mol. The Bertz CT molecular complexity index is 824.